The van der Waals surface area contributed by atoms with Crippen molar-refractivity contribution < 1.29 is 9.18 Å². The van der Waals surface area contributed by atoms with Crippen molar-refractivity contribution in [3.05, 3.63) is 52.2 Å². The molecule has 0 saturated heterocycles. The number of carbonyl (C=O) groups is 1. The van der Waals surface area contributed by atoms with Gasteiger partial charge in [-0.1, -0.05) is 24.3 Å². The van der Waals surface area contributed by atoms with Crippen LogP contribution in [0.3, 0.4) is 0 Å². The summed E-state index contributed by atoms with van der Waals surface area (Å²) >= 11 is 1.47. The molecule has 2 heterocycles. The van der Waals surface area contributed by atoms with Gasteiger partial charge in [-0.25, -0.2) is 4.39 Å². The third-order valence-electron chi connectivity index (χ3n) is 2.96. The van der Waals surface area contributed by atoms with Crippen molar-refractivity contribution in [3.63, 3.8) is 0 Å². The highest BCUT2D eigenvalue weighted by atomic mass is 32.1. The Balaban J connectivity index is 2.04. The van der Waals surface area contributed by atoms with E-state index in [-0.39, 0.29) is 6.42 Å². The predicted molar refractivity (Wildman–Crippen MR) is 65.9 cm³/mol. The number of hydrogen-bond acceptors (Lipinski definition) is 2. The van der Waals surface area contributed by atoms with E-state index in [0.717, 1.165) is 4.88 Å². The summed E-state index contributed by atoms with van der Waals surface area (Å²) in [7, 11) is 0. The minimum absolute atomic E-state index is 0.105. The summed E-state index contributed by atoms with van der Waals surface area (Å²) in [5, 5.41) is 4.48. The lowest BCUT2D eigenvalue weighted by Crippen LogP contribution is -2.31. The average Bonchev–Trinajstić information content (AvgIpc) is 2.89. The first-order valence-corrected chi connectivity index (χ1v) is 6.20. The van der Waals surface area contributed by atoms with Gasteiger partial charge in [0.05, 0.1) is 0 Å². The Kier molecular flexibility index (Phi) is 2.26. The molecule has 2 nitrogen and oxygen atoms in total. The van der Waals surface area contributed by atoms with Crippen LogP contribution in [0.2, 0.25) is 0 Å². The van der Waals surface area contributed by atoms with Gasteiger partial charge in [0.25, 0.3) is 5.91 Å². The van der Waals surface area contributed by atoms with Gasteiger partial charge >= 0.3 is 0 Å². The van der Waals surface area contributed by atoms with E-state index < -0.39 is 11.6 Å². The molecule has 17 heavy (non-hydrogen) atoms. The summed E-state index contributed by atoms with van der Waals surface area (Å²) in [5.41, 5.74) is -0.906. The Morgan fingerprint density at radius 3 is 2.82 bits per heavy atom. The summed E-state index contributed by atoms with van der Waals surface area (Å²) in [6.45, 7) is 0. The second-order valence-corrected chi connectivity index (χ2v) is 5.09. The summed E-state index contributed by atoms with van der Waals surface area (Å²) in [6, 6.07) is 10.6. The molecule has 0 bridgehead atoms. The summed E-state index contributed by atoms with van der Waals surface area (Å²) in [5.74, 6) is -0.563. The van der Waals surface area contributed by atoms with Crippen LogP contribution >= 0.6 is 11.3 Å². The molecule has 0 radical (unpaired) electrons. The minimum Gasteiger partial charge on any atom is -0.323 e. The Hall–Kier alpha value is -1.68. The number of anilines is 1. The van der Waals surface area contributed by atoms with Crippen LogP contribution in [-0.2, 0) is 16.9 Å². The number of thiophene rings is 1. The van der Waals surface area contributed by atoms with Crippen molar-refractivity contribution in [1.29, 1.82) is 0 Å². The Morgan fingerprint density at radius 1 is 1.24 bits per heavy atom. The van der Waals surface area contributed by atoms with Crippen LogP contribution < -0.4 is 5.32 Å². The number of halogens is 1. The van der Waals surface area contributed by atoms with E-state index in [1.807, 2.05) is 17.5 Å². The van der Waals surface area contributed by atoms with Gasteiger partial charge in [0.15, 0.2) is 0 Å². The fourth-order valence-corrected chi connectivity index (χ4v) is 2.88. The molecule has 2 aromatic rings. The number of hydrogen-bond donors (Lipinski definition) is 1. The summed E-state index contributed by atoms with van der Waals surface area (Å²) < 4.78 is 14.9. The number of nitrogens with one attached hydrogen (secondary N) is 1. The van der Waals surface area contributed by atoms with Gasteiger partial charge in [-0.05, 0) is 17.5 Å². The van der Waals surface area contributed by atoms with E-state index in [1.165, 1.54) is 11.3 Å². The third kappa shape index (κ3) is 1.56. The molecule has 86 valence electrons. The molecule has 1 aromatic heterocycles. The first-order valence-electron chi connectivity index (χ1n) is 5.32. The van der Waals surface area contributed by atoms with E-state index in [2.05, 4.69) is 5.32 Å². The molecule has 1 N–H and O–H groups in total. The van der Waals surface area contributed by atoms with Gasteiger partial charge in [-0.2, -0.15) is 0 Å². The maximum Gasteiger partial charge on any atom is 0.267 e. The third-order valence-corrected chi connectivity index (χ3v) is 3.84. The van der Waals surface area contributed by atoms with Crippen LogP contribution in [0, 0.1) is 0 Å². The van der Waals surface area contributed by atoms with E-state index in [0.29, 0.717) is 11.3 Å². The molecular weight excluding hydrogens is 237 g/mol. The van der Waals surface area contributed by atoms with Crippen LogP contribution in [0.25, 0.3) is 0 Å². The lowest BCUT2D eigenvalue weighted by molar-refractivity contribution is -0.126. The number of para-hydroxylation sites is 1. The predicted octanol–water partition coefficient (Wildman–Crippen LogP) is 3.11. The van der Waals surface area contributed by atoms with E-state index >= 15 is 0 Å². The molecule has 0 saturated carbocycles. The van der Waals surface area contributed by atoms with Crippen molar-refractivity contribution >= 4 is 22.9 Å². The minimum atomic E-state index is -1.93. The number of carbonyl (C=O) groups excluding carboxylic acids is 1. The van der Waals surface area contributed by atoms with Crippen molar-refractivity contribution in [2.75, 3.05) is 5.32 Å². The zero-order valence-electron chi connectivity index (χ0n) is 8.94. The van der Waals surface area contributed by atoms with Gasteiger partial charge < -0.3 is 5.32 Å². The second-order valence-electron chi connectivity index (χ2n) is 4.06. The van der Waals surface area contributed by atoms with Crippen molar-refractivity contribution in [1.82, 2.24) is 0 Å². The first kappa shape index (κ1) is 10.5. The topological polar surface area (TPSA) is 29.1 Å². The number of rotatable bonds is 2. The maximum absolute atomic E-state index is 14.9. The van der Waals surface area contributed by atoms with E-state index in [4.69, 9.17) is 0 Å². The van der Waals surface area contributed by atoms with Crippen LogP contribution in [-0.4, -0.2) is 5.91 Å². The van der Waals surface area contributed by atoms with Gasteiger partial charge in [0.1, 0.15) is 0 Å². The monoisotopic (exact) mass is 247 g/mol. The van der Waals surface area contributed by atoms with Crippen LogP contribution in [0.4, 0.5) is 10.1 Å². The molecule has 0 fully saturated rings. The smallest absolute Gasteiger partial charge is 0.267 e. The van der Waals surface area contributed by atoms with Crippen molar-refractivity contribution in [3.8, 4) is 0 Å². The number of alkyl halides is 1. The average molecular weight is 247 g/mol. The van der Waals surface area contributed by atoms with Crippen LogP contribution in [0.1, 0.15) is 10.4 Å². The Labute approximate surface area is 102 Å². The van der Waals surface area contributed by atoms with Crippen molar-refractivity contribution in [2.45, 2.75) is 12.1 Å². The van der Waals surface area contributed by atoms with Gasteiger partial charge in [-0.3, -0.25) is 4.79 Å². The molecule has 1 aliphatic heterocycles. The first-order chi connectivity index (χ1) is 8.20. The Bertz CT molecular complexity index is 567. The largest absolute Gasteiger partial charge is 0.323 e. The normalized spacial score (nSPS) is 22.3. The molecule has 1 atom stereocenters. The van der Waals surface area contributed by atoms with Gasteiger partial charge in [0.2, 0.25) is 5.67 Å². The molecule has 0 spiro atoms. The Morgan fingerprint density at radius 2 is 2.06 bits per heavy atom. The maximum atomic E-state index is 14.9. The van der Waals surface area contributed by atoms with Crippen molar-refractivity contribution in [2.24, 2.45) is 0 Å². The van der Waals surface area contributed by atoms with Gasteiger partial charge in [-0.15, -0.1) is 11.3 Å². The number of amides is 1. The molecule has 1 aromatic carbocycles. The molecule has 1 aliphatic rings. The second kappa shape index (κ2) is 3.67. The lowest BCUT2D eigenvalue weighted by atomic mass is 9.93. The zero-order chi connectivity index (χ0) is 11.9. The number of benzene rings is 1. The van der Waals surface area contributed by atoms with Gasteiger partial charge in [0, 0.05) is 22.5 Å². The lowest BCUT2D eigenvalue weighted by Gasteiger charge is -2.16. The fourth-order valence-electron chi connectivity index (χ4n) is 2.11. The molecule has 4 heteroatoms. The zero-order valence-corrected chi connectivity index (χ0v) is 9.76. The SMILES string of the molecule is O=C1Nc2ccccc2[C@]1(F)Cc1cccs1. The quantitative estimate of drug-likeness (QED) is 0.868. The number of fused-ring (bicyclic) bond motifs is 1. The summed E-state index contributed by atoms with van der Waals surface area (Å²) in [4.78, 5) is 12.7. The fraction of sp³-hybridized carbons (Fsp3) is 0.154. The van der Waals surface area contributed by atoms with E-state index in [1.54, 1.807) is 24.3 Å². The van der Waals surface area contributed by atoms with Crippen LogP contribution in [0.5, 0.6) is 0 Å². The standard InChI is InChI=1S/C13H10FNOS/c14-13(8-9-4-3-7-17-9)10-5-1-2-6-11(10)15-12(13)16/h1-7H,8H2,(H,15,16)/t13-/m1/s1. The highest BCUT2D eigenvalue weighted by molar-refractivity contribution is 7.09. The molecular formula is C13H10FNOS. The molecule has 1 amide bonds. The summed E-state index contributed by atoms with van der Waals surface area (Å²) in [6.07, 6.45) is 0.105. The highest BCUT2D eigenvalue weighted by Crippen LogP contribution is 2.41. The van der Waals surface area contributed by atoms with Crippen LogP contribution in [0.15, 0.2) is 41.8 Å². The molecule has 3 rings (SSSR count). The van der Waals surface area contributed by atoms with E-state index in [9.17, 15) is 9.18 Å². The molecule has 0 unspecified atom stereocenters. The molecule has 0 aliphatic carbocycles. The highest BCUT2D eigenvalue weighted by Gasteiger charge is 2.47.